The van der Waals surface area contributed by atoms with Crippen LogP contribution in [0.3, 0.4) is 0 Å². The van der Waals surface area contributed by atoms with Crippen LogP contribution < -0.4 is 0 Å². The molecule has 0 unspecified atom stereocenters. The van der Waals surface area contributed by atoms with Crippen molar-refractivity contribution in [2.75, 3.05) is 14.2 Å². The van der Waals surface area contributed by atoms with Crippen molar-refractivity contribution in [1.29, 1.82) is 0 Å². The van der Waals surface area contributed by atoms with Crippen molar-refractivity contribution in [3.8, 4) is 10.6 Å². The molecule has 2 heterocycles. The molecule has 0 saturated carbocycles. The van der Waals surface area contributed by atoms with Gasteiger partial charge in [0.15, 0.2) is 5.76 Å². The van der Waals surface area contributed by atoms with Gasteiger partial charge in [-0.1, -0.05) is 6.07 Å². The highest BCUT2D eigenvalue weighted by Crippen LogP contribution is 2.32. The summed E-state index contributed by atoms with van der Waals surface area (Å²) in [7, 11) is 2.48. The molecule has 0 aliphatic rings. The number of carbonyl (C=O) groups is 2. The van der Waals surface area contributed by atoms with Gasteiger partial charge in [-0.2, -0.15) is 0 Å². The predicted molar refractivity (Wildman–Crippen MR) is 64.7 cm³/mol. The Hall–Kier alpha value is -2.08. The van der Waals surface area contributed by atoms with Gasteiger partial charge in [-0.05, 0) is 11.4 Å². The number of hydrogen-bond acceptors (Lipinski definition) is 6. The lowest BCUT2D eigenvalue weighted by molar-refractivity contribution is 0.0557. The Morgan fingerprint density at radius 3 is 2.50 bits per heavy atom. The lowest BCUT2D eigenvalue weighted by Gasteiger charge is -2.01. The minimum atomic E-state index is -0.637. The SMILES string of the molecule is COC(=O)c1coc(-c2cccs2)c1C(=O)OC. The van der Waals surface area contributed by atoms with Gasteiger partial charge < -0.3 is 13.9 Å². The van der Waals surface area contributed by atoms with Gasteiger partial charge in [0.2, 0.25) is 0 Å². The van der Waals surface area contributed by atoms with Crippen LogP contribution in [0.5, 0.6) is 0 Å². The number of furan rings is 1. The van der Waals surface area contributed by atoms with E-state index in [0.717, 1.165) is 4.88 Å². The fourth-order valence-electron chi connectivity index (χ4n) is 1.51. The molecule has 0 spiro atoms. The van der Waals surface area contributed by atoms with Crippen molar-refractivity contribution in [2.24, 2.45) is 0 Å². The second-order valence-corrected chi connectivity index (χ2v) is 4.26. The summed E-state index contributed by atoms with van der Waals surface area (Å²) >= 11 is 1.40. The average Bonchev–Trinajstić information content (AvgIpc) is 3.04. The molecule has 0 radical (unpaired) electrons. The Kier molecular flexibility index (Phi) is 3.47. The number of rotatable bonds is 3. The summed E-state index contributed by atoms with van der Waals surface area (Å²) in [5, 5.41) is 1.84. The molecular weight excluding hydrogens is 256 g/mol. The molecule has 0 atom stereocenters. The van der Waals surface area contributed by atoms with Gasteiger partial charge in [0.05, 0.1) is 19.1 Å². The molecule has 5 nitrogen and oxygen atoms in total. The summed E-state index contributed by atoms with van der Waals surface area (Å²) in [5.74, 6) is -0.952. The first-order valence-electron chi connectivity index (χ1n) is 5.01. The summed E-state index contributed by atoms with van der Waals surface area (Å²) in [6.45, 7) is 0. The van der Waals surface area contributed by atoms with Crippen LogP contribution in [0, 0.1) is 0 Å². The summed E-state index contributed by atoms with van der Waals surface area (Å²) in [6.07, 6.45) is 1.20. The summed E-state index contributed by atoms with van der Waals surface area (Å²) in [5.41, 5.74) is 0.152. The van der Waals surface area contributed by atoms with E-state index in [2.05, 4.69) is 9.47 Å². The first kappa shape index (κ1) is 12.4. The molecule has 18 heavy (non-hydrogen) atoms. The van der Waals surface area contributed by atoms with Crippen molar-refractivity contribution >= 4 is 23.3 Å². The van der Waals surface area contributed by atoms with Gasteiger partial charge >= 0.3 is 11.9 Å². The Morgan fingerprint density at radius 2 is 1.94 bits per heavy atom. The molecule has 0 saturated heterocycles. The second kappa shape index (κ2) is 5.05. The molecule has 0 aliphatic carbocycles. The smallest absolute Gasteiger partial charge is 0.342 e. The third kappa shape index (κ3) is 2.02. The zero-order valence-electron chi connectivity index (χ0n) is 9.76. The maximum atomic E-state index is 11.7. The molecule has 0 bridgehead atoms. The third-order valence-corrected chi connectivity index (χ3v) is 3.20. The Balaban J connectivity index is 2.58. The molecule has 0 N–H and O–H groups in total. The normalized spacial score (nSPS) is 10.1. The molecule has 0 aromatic carbocycles. The van der Waals surface area contributed by atoms with Crippen LogP contribution in [0.4, 0.5) is 0 Å². The van der Waals surface area contributed by atoms with E-state index < -0.39 is 11.9 Å². The predicted octanol–water partition coefficient (Wildman–Crippen LogP) is 2.58. The van der Waals surface area contributed by atoms with E-state index in [1.807, 2.05) is 11.4 Å². The van der Waals surface area contributed by atoms with Crippen molar-refractivity contribution in [2.45, 2.75) is 0 Å². The van der Waals surface area contributed by atoms with Gasteiger partial charge in [0.25, 0.3) is 0 Å². The summed E-state index contributed by atoms with van der Waals surface area (Å²) in [6, 6.07) is 3.61. The van der Waals surface area contributed by atoms with Crippen LogP contribution >= 0.6 is 11.3 Å². The van der Waals surface area contributed by atoms with Gasteiger partial charge in [-0.25, -0.2) is 9.59 Å². The monoisotopic (exact) mass is 266 g/mol. The minimum Gasteiger partial charge on any atom is -0.465 e. The second-order valence-electron chi connectivity index (χ2n) is 3.31. The number of carbonyl (C=O) groups excluding carboxylic acids is 2. The molecule has 6 heteroatoms. The zero-order chi connectivity index (χ0) is 13.1. The molecule has 0 amide bonds. The minimum absolute atomic E-state index is 0.0627. The van der Waals surface area contributed by atoms with Crippen molar-refractivity contribution in [3.63, 3.8) is 0 Å². The number of thiophene rings is 1. The van der Waals surface area contributed by atoms with Crippen molar-refractivity contribution in [1.82, 2.24) is 0 Å². The number of ether oxygens (including phenoxy) is 2. The van der Waals surface area contributed by atoms with E-state index >= 15 is 0 Å². The molecule has 94 valence electrons. The van der Waals surface area contributed by atoms with E-state index in [0.29, 0.717) is 5.76 Å². The quantitative estimate of drug-likeness (QED) is 0.799. The van der Waals surface area contributed by atoms with Crippen molar-refractivity contribution < 1.29 is 23.5 Å². The van der Waals surface area contributed by atoms with Gasteiger partial charge in [0, 0.05) is 0 Å². The van der Waals surface area contributed by atoms with E-state index in [4.69, 9.17) is 4.42 Å². The van der Waals surface area contributed by atoms with Crippen molar-refractivity contribution in [3.05, 3.63) is 34.9 Å². The first-order valence-corrected chi connectivity index (χ1v) is 5.89. The Bertz CT molecular complexity index is 567. The van der Waals surface area contributed by atoms with E-state index in [9.17, 15) is 9.59 Å². The fraction of sp³-hybridized carbons (Fsp3) is 0.167. The molecule has 2 aromatic heterocycles. The average molecular weight is 266 g/mol. The lowest BCUT2D eigenvalue weighted by Crippen LogP contribution is -2.10. The third-order valence-electron chi connectivity index (χ3n) is 2.33. The van der Waals surface area contributed by atoms with Crippen LogP contribution in [-0.2, 0) is 9.47 Å². The van der Waals surface area contributed by atoms with Gasteiger partial charge in [-0.15, -0.1) is 11.3 Å². The largest absolute Gasteiger partial charge is 0.465 e. The number of methoxy groups -OCH3 is 2. The zero-order valence-corrected chi connectivity index (χ0v) is 10.6. The van der Waals surface area contributed by atoms with Crippen LogP contribution in [0.15, 0.2) is 28.2 Å². The molecular formula is C12H10O5S. The van der Waals surface area contributed by atoms with Gasteiger partial charge in [-0.3, -0.25) is 0 Å². The molecule has 2 rings (SSSR count). The first-order chi connectivity index (χ1) is 8.69. The van der Waals surface area contributed by atoms with Crippen LogP contribution in [0.1, 0.15) is 20.7 Å². The maximum Gasteiger partial charge on any atom is 0.342 e. The highest BCUT2D eigenvalue weighted by Gasteiger charge is 2.27. The summed E-state index contributed by atoms with van der Waals surface area (Å²) in [4.78, 5) is 24.0. The van der Waals surface area contributed by atoms with Gasteiger partial charge in [0.1, 0.15) is 17.4 Å². The Labute approximate surface area is 107 Å². The van der Waals surface area contributed by atoms with E-state index in [-0.39, 0.29) is 11.1 Å². The fourth-order valence-corrected chi connectivity index (χ4v) is 2.23. The van der Waals surface area contributed by atoms with Crippen LogP contribution in [0.2, 0.25) is 0 Å². The topological polar surface area (TPSA) is 65.7 Å². The number of hydrogen-bond donors (Lipinski definition) is 0. The summed E-state index contributed by atoms with van der Waals surface area (Å²) < 4.78 is 14.6. The lowest BCUT2D eigenvalue weighted by atomic mass is 10.1. The standard InChI is InChI=1S/C12H10O5S/c1-15-11(13)7-6-17-10(8-4-3-5-18-8)9(7)12(14)16-2/h3-6H,1-2H3. The molecule has 0 aliphatic heterocycles. The molecule has 0 fully saturated rings. The highest BCUT2D eigenvalue weighted by molar-refractivity contribution is 7.13. The maximum absolute atomic E-state index is 11.7. The number of esters is 2. The van der Waals surface area contributed by atoms with Crippen LogP contribution in [-0.4, -0.2) is 26.2 Å². The van der Waals surface area contributed by atoms with Crippen LogP contribution in [0.25, 0.3) is 10.6 Å². The Morgan fingerprint density at radius 1 is 1.22 bits per heavy atom. The highest BCUT2D eigenvalue weighted by atomic mass is 32.1. The van der Waals surface area contributed by atoms with E-state index in [1.54, 1.807) is 6.07 Å². The molecule has 2 aromatic rings. The van der Waals surface area contributed by atoms with E-state index in [1.165, 1.54) is 31.8 Å².